The Kier molecular flexibility index (Phi) is 3.74. The Hall–Kier alpha value is -2.36. The smallest absolute Gasteiger partial charge is 0.143 e. The molecule has 0 unspecified atom stereocenters. The molecule has 0 bridgehead atoms. The highest BCUT2D eigenvalue weighted by Crippen LogP contribution is 2.34. The fourth-order valence-corrected chi connectivity index (χ4v) is 1.76. The summed E-state index contributed by atoms with van der Waals surface area (Å²) in [6.45, 7) is 6.32. The molecule has 0 radical (unpaired) electrons. The molecule has 104 valence electrons. The Morgan fingerprint density at radius 1 is 0.950 bits per heavy atom. The van der Waals surface area contributed by atoms with Crippen molar-refractivity contribution in [3.05, 3.63) is 48.0 Å². The van der Waals surface area contributed by atoms with Gasteiger partial charge in [0.15, 0.2) is 0 Å². The maximum Gasteiger partial charge on any atom is 0.143 e. The lowest BCUT2D eigenvalue weighted by Crippen LogP contribution is -2.10. The molecule has 0 aliphatic carbocycles. The van der Waals surface area contributed by atoms with Gasteiger partial charge in [-0.25, -0.2) is 0 Å². The molecule has 0 spiro atoms. The number of hydrogen-bond acceptors (Lipinski definition) is 4. The van der Waals surface area contributed by atoms with Gasteiger partial charge in [0, 0.05) is 0 Å². The van der Waals surface area contributed by atoms with Gasteiger partial charge in [0.25, 0.3) is 0 Å². The van der Waals surface area contributed by atoms with Crippen molar-refractivity contribution in [2.75, 3.05) is 5.73 Å². The Balaban J connectivity index is 2.36. The van der Waals surface area contributed by atoms with Crippen LogP contribution in [-0.4, -0.2) is 5.11 Å². The van der Waals surface area contributed by atoms with Crippen LogP contribution in [0.15, 0.2) is 52.7 Å². The molecule has 0 fully saturated rings. The third-order valence-corrected chi connectivity index (χ3v) is 3.04. The third kappa shape index (κ3) is 3.15. The number of nitrogens with two attached hydrogens (primary N) is 1. The first-order valence-electron chi connectivity index (χ1n) is 6.47. The summed E-state index contributed by atoms with van der Waals surface area (Å²) in [4.78, 5) is 0. The van der Waals surface area contributed by atoms with Gasteiger partial charge in [-0.1, -0.05) is 39.0 Å². The van der Waals surface area contributed by atoms with Crippen molar-refractivity contribution in [2.45, 2.75) is 26.2 Å². The summed E-state index contributed by atoms with van der Waals surface area (Å²) in [6, 6.07) is 12.6. The molecule has 3 N–H and O–H groups in total. The van der Waals surface area contributed by atoms with Crippen LogP contribution in [0.4, 0.5) is 17.1 Å². The second kappa shape index (κ2) is 5.33. The minimum absolute atomic E-state index is 0.0102. The van der Waals surface area contributed by atoms with Crippen LogP contribution in [0, 0.1) is 0 Å². The van der Waals surface area contributed by atoms with E-state index in [1.54, 1.807) is 18.2 Å². The number of rotatable bonds is 2. The third-order valence-electron chi connectivity index (χ3n) is 3.04. The quantitative estimate of drug-likeness (QED) is 0.613. The van der Waals surface area contributed by atoms with Gasteiger partial charge in [-0.2, -0.15) is 0 Å². The predicted octanol–water partition coefficient (Wildman–Crippen LogP) is 4.69. The molecular weight excluding hydrogens is 250 g/mol. The highest BCUT2D eigenvalue weighted by molar-refractivity contribution is 5.62. The fourth-order valence-electron chi connectivity index (χ4n) is 1.76. The lowest BCUT2D eigenvalue weighted by molar-refractivity contribution is 0.475. The molecule has 2 rings (SSSR count). The minimum Gasteiger partial charge on any atom is -0.506 e. The molecule has 4 heteroatoms. The van der Waals surface area contributed by atoms with Crippen molar-refractivity contribution in [3.63, 3.8) is 0 Å². The minimum atomic E-state index is -0.0102. The monoisotopic (exact) mass is 269 g/mol. The number of hydrogen-bond donors (Lipinski definition) is 2. The maximum absolute atomic E-state index is 9.86. The van der Waals surface area contributed by atoms with Crippen molar-refractivity contribution in [1.29, 1.82) is 0 Å². The van der Waals surface area contributed by atoms with E-state index < -0.39 is 0 Å². The molecule has 0 aliphatic heterocycles. The van der Waals surface area contributed by atoms with Crippen molar-refractivity contribution in [3.8, 4) is 5.75 Å². The zero-order chi connectivity index (χ0) is 14.8. The van der Waals surface area contributed by atoms with Gasteiger partial charge >= 0.3 is 0 Å². The van der Waals surface area contributed by atoms with Crippen LogP contribution in [0.1, 0.15) is 26.3 Å². The van der Waals surface area contributed by atoms with Gasteiger partial charge in [-0.15, -0.1) is 10.2 Å². The number of anilines is 1. The average molecular weight is 269 g/mol. The first kappa shape index (κ1) is 14.1. The van der Waals surface area contributed by atoms with E-state index in [4.69, 9.17) is 5.73 Å². The van der Waals surface area contributed by atoms with Gasteiger partial charge in [-0.3, -0.25) is 0 Å². The lowest BCUT2D eigenvalue weighted by Gasteiger charge is -2.19. The molecule has 0 heterocycles. The number of nitrogen functional groups attached to an aromatic ring is 1. The molecule has 0 aliphatic rings. The molecule has 2 aromatic rings. The molecular formula is C16H19N3O. The van der Waals surface area contributed by atoms with Crippen LogP contribution < -0.4 is 5.73 Å². The molecule has 4 nitrogen and oxygen atoms in total. The maximum atomic E-state index is 9.86. The van der Waals surface area contributed by atoms with E-state index in [1.807, 2.05) is 24.3 Å². The van der Waals surface area contributed by atoms with Gasteiger partial charge < -0.3 is 10.8 Å². The zero-order valence-corrected chi connectivity index (χ0v) is 12.0. The van der Waals surface area contributed by atoms with Gasteiger partial charge in [0.05, 0.1) is 5.69 Å². The van der Waals surface area contributed by atoms with Crippen LogP contribution >= 0.6 is 0 Å². The van der Waals surface area contributed by atoms with Crippen molar-refractivity contribution in [2.24, 2.45) is 10.2 Å². The van der Waals surface area contributed by atoms with E-state index in [0.717, 1.165) is 5.56 Å². The summed E-state index contributed by atoms with van der Waals surface area (Å²) in [5, 5.41) is 18.1. The second-order valence-electron chi connectivity index (χ2n) is 5.71. The van der Waals surface area contributed by atoms with Crippen LogP contribution in [0.5, 0.6) is 5.75 Å². The Morgan fingerprint density at radius 3 is 2.25 bits per heavy atom. The number of nitrogens with zero attached hydrogens (tertiary/aromatic N) is 2. The predicted molar refractivity (Wildman–Crippen MR) is 81.8 cm³/mol. The molecule has 20 heavy (non-hydrogen) atoms. The van der Waals surface area contributed by atoms with E-state index in [-0.39, 0.29) is 11.2 Å². The lowest BCUT2D eigenvalue weighted by atomic mass is 9.87. The summed E-state index contributed by atoms with van der Waals surface area (Å²) >= 11 is 0. The number of benzene rings is 2. The molecule has 0 atom stereocenters. The largest absolute Gasteiger partial charge is 0.506 e. The van der Waals surface area contributed by atoms with Crippen molar-refractivity contribution < 1.29 is 5.11 Å². The van der Waals surface area contributed by atoms with Gasteiger partial charge in [0.2, 0.25) is 0 Å². The molecule has 0 aromatic heterocycles. The van der Waals surface area contributed by atoms with E-state index in [2.05, 4.69) is 31.0 Å². The van der Waals surface area contributed by atoms with Crippen LogP contribution in [0.3, 0.4) is 0 Å². The standard InChI is InChI=1S/C16H19N3O/c1-16(2,3)11-8-9-15(20)14(10-11)19-18-13-7-5-4-6-12(13)17/h4-10,20H,17H2,1-3H3. The Morgan fingerprint density at radius 2 is 1.60 bits per heavy atom. The SMILES string of the molecule is CC(C)(C)c1ccc(O)c(N=Nc2ccccc2N)c1. The topological polar surface area (TPSA) is 71.0 Å². The summed E-state index contributed by atoms with van der Waals surface area (Å²) < 4.78 is 0. The molecule has 0 amide bonds. The van der Waals surface area contributed by atoms with E-state index in [1.165, 1.54) is 0 Å². The number of para-hydroxylation sites is 1. The normalized spacial score (nSPS) is 11.9. The van der Waals surface area contributed by atoms with Crippen LogP contribution in [-0.2, 0) is 5.41 Å². The highest BCUT2D eigenvalue weighted by atomic mass is 16.3. The first-order valence-corrected chi connectivity index (χ1v) is 6.47. The molecule has 2 aromatic carbocycles. The zero-order valence-electron chi connectivity index (χ0n) is 12.0. The van der Waals surface area contributed by atoms with Gasteiger partial charge in [-0.05, 0) is 35.2 Å². The van der Waals surface area contributed by atoms with Crippen LogP contribution in [0.2, 0.25) is 0 Å². The summed E-state index contributed by atoms with van der Waals surface area (Å²) in [5.41, 5.74) is 8.48. The average Bonchev–Trinajstić information content (AvgIpc) is 2.38. The van der Waals surface area contributed by atoms with Crippen LogP contribution in [0.25, 0.3) is 0 Å². The van der Waals surface area contributed by atoms with Crippen molar-refractivity contribution >= 4 is 17.1 Å². The summed E-state index contributed by atoms with van der Waals surface area (Å²) in [7, 11) is 0. The van der Waals surface area contributed by atoms with Crippen molar-refractivity contribution in [1.82, 2.24) is 0 Å². The Labute approximate surface area is 119 Å². The van der Waals surface area contributed by atoms with E-state index in [0.29, 0.717) is 17.1 Å². The van der Waals surface area contributed by atoms with Gasteiger partial charge in [0.1, 0.15) is 17.1 Å². The molecule has 0 saturated carbocycles. The van der Waals surface area contributed by atoms with E-state index >= 15 is 0 Å². The summed E-state index contributed by atoms with van der Waals surface area (Å²) in [6.07, 6.45) is 0. The number of aromatic hydroxyl groups is 1. The van der Waals surface area contributed by atoms with E-state index in [9.17, 15) is 5.11 Å². The Bertz CT molecular complexity index is 642. The number of phenolic OH excluding ortho intramolecular Hbond substituents is 1. The fraction of sp³-hybridized carbons (Fsp3) is 0.250. The molecule has 0 saturated heterocycles. The highest BCUT2D eigenvalue weighted by Gasteiger charge is 2.15. The number of phenols is 1. The second-order valence-corrected chi connectivity index (χ2v) is 5.71. The first-order chi connectivity index (χ1) is 9.38. The number of azo groups is 1. The summed E-state index contributed by atoms with van der Waals surface area (Å²) in [5.74, 6) is 0.108.